The highest BCUT2D eigenvalue weighted by atomic mass is 19.4. The average molecular weight is 1420 g/mol. The molecule has 0 bridgehead atoms. The van der Waals surface area contributed by atoms with Gasteiger partial charge < -0.3 is 118 Å². The number of amides is 3. The number of carbonyl (C=O) groups excluding carboxylic acids is 4. The first-order valence-corrected chi connectivity index (χ1v) is 31.5. The number of anilines is 2. The normalized spacial score (nSPS) is 19.7. The van der Waals surface area contributed by atoms with E-state index in [0.29, 0.717) is 12.1 Å². The van der Waals surface area contributed by atoms with Gasteiger partial charge in [0.25, 0.3) is 0 Å². The van der Waals surface area contributed by atoms with Crippen LogP contribution >= 0.6 is 0 Å². The molecule has 554 valence electrons. The molecule has 2 fully saturated rings. The molecule has 0 saturated carbocycles. The molecule has 5 rings (SSSR count). The molecule has 0 aliphatic carbocycles. The summed E-state index contributed by atoms with van der Waals surface area (Å²) in [7, 11) is 0. The minimum absolute atomic E-state index is 0.00112. The van der Waals surface area contributed by atoms with E-state index in [1.165, 1.54) is 0 Å². The summed E-state index contributed by atoms with van der Waals surface area (Å²) in [6.45, 7) is 2.34. The lowest BCUT2D eigenvalue weighted by molar-refractivity contribution is -0.161. The van der Waals surface area contributed by atoms with E-state index < -0.39 is 90.4 Å². The van der Waals surface area contributed by atoms with Crippen LogP contribution in [-0.2, 0) is 109 Å². The number of carbonyl (C=O) groups is 4. The van der Waals surface area contributed by atoms with Crippen molar-refractivity contribution >= 4 is 35.6 Å². The third kappa shape index (κ3) is 35.2. The molecule has 2 aliphatic rings. The lowest BCUT2D eigenvalue weighted by Crippen LogP contribution is -2.57. The van der Waals surface area contributed by atoms with Crippen LogP contribution in [0.1, 0.15) is 29.8 Å². The number of aliphatic hydroxyl groups is 4. The summed E-state index contributed by atoms with van der Waals surface area (Å²) in [5, 5.41) is 55.4. The first-order valence-electron chi connectivity index (χ1n) is 31.5. The zero-order valence-corrected chi connectivity index (χ0v) is 53.9. The minimum atomic E-state index is -4.69. The fraction of sp³-hybridized carbons (Fsp3) is 0.700. The molecule has 8 atom stereocenters. The number of benzene rings is 1. The maximum atomic E-state index is 13.0. The van der Waals surface area contributed by atoms with Crippen molar-refractivity contribution in [3.8, 4) is 0 Å². The average Bonchev–Trinajstić information content (AvgIpc) is 0.832. The van der Waals surface area contributed by atoms with Crippen molar-refractivity contribution in [3.63, 3.8) is 0 Å². The van der Waals surface area contributed by atoms with Crippen molar-refractivity contribution in [1.82, 2.24) is 35.9 Å². The van der Waals surface area contributed by atoms with Gasteiger partial charge in [-0.05, 0) is 17.7 Å². The molecular weight excluding hydrogens is 1330 g/mol. The van der Waals surface area contributed by atoms with Gasteiger partial charge in [0.1, 0.15) is 67.8 Å². The topological polar surface area (TPSA) is 399 Å². The van der Waals surface area contributed by atoms with E-state index in [4.69, 9.17) is 71.1 Å². The molecule has 32 nitrogen and oxygen atoms in total. The van der Waals surface area contributed by atoms with Crippen LogP contribution in [0.4, 0.5) is 38.2 Å². The number of aliphatic hydroxyl groups excluding tert-OH is 4. The van der Waals surface area contributed by atoms with E-state index in [2.05, 4.69) is 46.5 Å². The van der Waals surface area contributed by atoms with Crippen LogP contribution in [0.2, 0.25) is 0 Å². The van der Waals surface area contributed by atoms with E-state index >= 15 is 0 Å². The Labute approximate surface area is 560 Å². The number of halogens is 6. The first-order chi connectivity index (χ1) is 47.3. The zero-order chi connectivity index (χ0) is 70.6. The molecule has 98 heavy (non-hydrogen) atoms. The number of alkyl halides is 6. The van der Waals surface area contributed by atoms with Crippen LogP contribution < -0.4 is 26.6 Å². The molecule has 38 heteroatoms. The molecule has 0 radical (unpaired) electrons. The Morgan fingerprint density at radius 1 is 0.480 bits per heavy atom. The van der Waals surface area contributed by atoms with Gasteiger partial charge in [-0.2, -0.15) is 26.3 Å². The maximum absolute atomic E-state index is 13.0. The second-order valence-corrected chi connectivity index (χ2v) is 21.4. The molecule has 2 saturated heterocycles. The summed E-state index contributed by atoms with van der Waals surface area (Å²) in [4.78, 5) is 64.1. The highest BCUT2D eigenvalue weighted by molar-refractivity contribution is 5.77. The maximum Gasteiger partial charge on any atom is 0.433 e. The smallest absolute Gasteiger partial charge is 0.433 e. The highest BCUT2D eigenvalue weighted by Gasteiger charge is 2.41. The Morgan fingerprint density at radius 2 is 0.878 bits per heavy atom. The summed E-state index contributed by atoms with van der Waals surface area (Å²) in [6, 6.07) is 7.90. The second kappa shape index (κ2) is 47.7. The van der Waals surface area contributed by atoms with Gasteiger partial charge in [0.2, 0.25) is 29.6 Å². The number of nitrogens with zero attached hydrogens (tertiary/aromatic N) is 4. The molecule has 2 aromatic heterocycles. The van der Waals surface area contributed by atoms with Crippen molar-refractivity contribution in [1.29, 1.82) is 0 Å². The SMILES string of the molecule is O=C(CCOCC(COCCC(=O)NCCOCCOCCOCCOC[C@H]1OC[C@H](Nc2nccc(C(F)(F)F)n2)[C@@H](O)[C@H]1O)NC(=O)COCCOCC(=O)OCc1ccccc1)NCCOCCOCCOCCOC[C@H]1OC[C@H](Nc2nccc(C(F)(F)F)n2)[C@@H](O)[C@H]1O. The zero-order valence-electron chi connectivity index (χ0n) is 53.9. The number of esters is 1. The standard InChI is InChI=1S/C60H89F6N9O23/c61-59(62,63)47-6-10-69-57(74-47)72-43-35-96-45(55(82)53(43)80)37-92-28-26-88-24-22-86-20-18-84-16-12-67-49(76)8-14-90-33-42(71-51(78)39-94-30-31-95-40-52(79)98-32-41-4-2-1-3-5-41)34-91-15-9-50(77)68-13-17-85-19-21-87-23-25-89-27-29-93-38-46-56(83)54(81)44(36-97-46)73-58-70-11-7-48(75-58)60(64,65)66/h1-7,10-11,42-46,53-56,80-83H,8-9,12-40H2,(H,67,76)(H,68,77)(H,71,78)(H,69,72,74)(H,70,73,75)/t43-,44-,45+,46+,53+,54+,55-,56-/m0/s1. The van der Waals surface area contributed by atoms with Crippen molar-refractivity contribution in [2.45, 2.75) is 86.6 Å². The summed E-state index contributed by atoms with van der Waals surface area (Å²) >= 11 is 0. The van der Waals surface area contributed by atoms with E-state index in [0.717, 1.165) is 18.0 Å². The Bertz CT molecular complexity index is 2540. The molecular formula is C60H89F6N9O23. The third-order valence-electron chi connectivity index (χ3n) is 13.7. The number of ether oxygens (including phenoxy) is 15. The molecule has 9 N–H and O–H groups in total. The summed E-state index contributed by atoms with van der Waals surface area (Å²) in [5.41, 5.74) is -1.51. The number of hydrogen-bond donors (Lipinski definition) is 9. The predicted octanol–water partition coefficient (Wildman–Crippen LogP) is -0.753. The van der Waals surface area contributed by atoms with Gasteiger partial charge in [-0.1, -0.05) is 30.3 Å². The van der Waals surface area contributed by atoms with Crippen LogP contribution in [-0.4, -0.2) is 304 Å². The van der Waals surface area contributed by atoms with E-state index in [1.807, 2.05) is 30.3 Å². The van der Waals surface area contributed by atoms with E-state index in [9.17, 15) is 65.9 Å². The third-order valence-corrected chi connectivity index (χ3v) is 13.7. The van der Waals surface area contributed by atoms with Gasteiger partial charge in [0.15, 0.2) is 0 Å². The monoisotopic (exact) mass is 1420 g/mol. The molecule has 1 aromatic carbocycles. The molecule has 3 aromatic rings. The summed E-state index contributed by atoms with van der Waals surface area (Å²) in [5.74, 6) is -2.45. The lowest BCUT2D eigenvalue weighted by atomic mass is 9.98. The minimum Gasteiger partial charge on any atom is -0.459 e. The van der Waals surface area contributed by atoms with Gasteiger partial charge >= 0.3 is 18.3 Å². The Hall–Kier alpha value is -6.28. The lowest BCUT2D eigenvalue weighted by Gasteiger charge is -2.37. The molecule has 0 spiro atoms. The van der Waals surface area contributed by atoms with Crippen LogP contribution in [0.25, 0.3) is 0 Å². The van der Waals surface area contributed by atoms with Gasteiger partial charge in [-0.3, -0.25) is 14.4 Å². The quantitative estimate of drug-likeness (QED) is 0.0191. The second-order valence-electron chi connectivity index (χ2n) is 21.4. The molecule has 0 unspecified atom stereocenters. The largest absolute Gasteiger partial charge is 0.459 e. The van der Waals surface area contributed by atoms with Crippen LogP contribution in [0.5, 0.6) is 0 Å². The van der Waals surface area contributed by atoms with E-state index in [1.54, 1.807) is 0 Å². The summed E-state index contributed by atoms with van der Waals surface area (Å²) < 4.78 is 160. The number of hydrogen-bond acceptors (Lipinski definition) is 29. The molecule has 4 heterocycles. The number of nitrogens with one attached hydrogen (secondary N) is 5. The van der Waals surface area contributed by atoms with Crippen LogP contribution in [0.15, 0.2) is 54.9 Å². The van der Waals surface area contributed by atoms with Crippen LogP contribution in [0, 0.1) is 0 Å². The number of aromatic nitrogens is 4. The first kappa shape index (κ1) is 82.4. The van der Waals surface area contributed by atoms with Gasteiger partial charge in [-0.15, -0.1) is 0 Å². The Kier molecular flexibility index (Phi) is 40.1. The highest BCUT2D eigenvalue weighted by Crippen LogP contribution is 2.29. The Balaban J connectivity index is 0.834. The van der Waals surface area contributed by atoms with Gasteiger partial charge in [0, 0.05) is 38.3 Å². The fourth-order valence-corrected chi connectivity index (χ4v) is 8.64. The van der Waals surface area contributed by atoms with Crippen LogP contribution in [0.3, 0.4) is 0 Å². The van der Waals surface area contributed by atoms with E-state index in [-0.39, 0.29) is 228 Å². The predicted molar refractivity (Wildman–Crippen MR) is 326 cm³/mol. The number of rotatable bonds is 52. The van der Waals surface area contributed by atoms with Gasteiger partial charge in [0.05, 0.1) is 177 Å². The van der Waals surface area contributed by atoms with Crippen molar-refractivity contribution in [3.05, 3.63) is 71.8 Å². The molecule has 3 amide bonds. The van der Waals surface area contributed by atoms with Crippen molar-refractivity contribution in [2.24, 2.45) is 0 Å². The fourth-order valence-electron chi connectivity index (χ4n) is 8.64. The summed E-state index contributed by atoms with van der Waals surface area (Å²) in [6.07, 6.45) is -15.0. The molecule has 2 aliphatic heterocycles. The van der Waals surface area contributed by atoms with Gasteiger partial charge in [-0.25, -0.2) is 24.7 Å². The van der Waals surface area contributed by atoms with Crippen molar-refractivity contribution in [2.75, 3.05) is 196 Å². The van der Waals surface area contributed by atoms with Crippen molar-refractivity contribution < 1.29 is 137 Å². The Morgan fingerprint density at radius 3 is 1.31 bits per heavy atom.